The average molecular weight is 374 g/mol. The summed E-state index contributed by atoms with van der Waals surface area (Å²) in [6.07, 6.45) is 0. The first-order valence-corrected chi connectivity index (χ1v) is 7.92. The highest BCUT2D eigenvalue weighted by Gasteiger charge is 2.23. The van der Waals surface area contributed by atoms with Crippen molar-refractivity contribution >= 4 is 38.5 Å². The van der Waals surface area contributed by atoms with Crippen LogP contribution in [0.2, 0.25) is 0 Å². The van der Waals surface area contributed by atoms with Crippen molar-refractivity contribution in [2.24, 2.45) is 0 Å². The van der Waals surface area contributed by atoms with E-state index in [2.05, 4.69) is 15.9 Å². The number of benzene rings is 2. The Labute approximate surface area is 142 Å². The zero-order chi connectivity index (χ0) is 16.6. The smallest absolute Gasteiger partial charge is 0.294 e. The summed E-state index contributed by atoms with van der Waals surface area (Å²) in [5.74, 6) is 0.769. The number of halogens is 1. The first kappa shape index (κ1) is 15.6. The highest BCUT2D eigenvalue weighted by molar-refractivity contribution is 9.10. The third kappa shape index (κ3) is 2.72. The van der Waals surface area contributed by atoms with E-state index in [9.17, 15) is 4.79 Å². The second kappa shape index (κ2) is 6.08. The lowest BCUT2D eigenvalue weighted by Crippen LogP contribution is -2.26. The number of carbonyl (C=O) groups is 1. The molecule has 0 atom stereocenters. The molecule has 0 spiro atoms. The topological polar surface area (TPSA) is 42.7 Å². The van der Waals surface area contributed by atoms with Gasteiger partial charge in [0.2, 0.25) is 0 Å². The fourth-order valence-corrected chi connectivity index (χ4v) is 2.93. The number of carbonyl (C=O) groups excluding carboxylic acids is 1. The van der Waals surface area contributed by atoms with Crippen LogP contribution in [-0.2, 0) is 0 Å². The van der Waals surface area contributed by atoms with Crippen molar-refractivity contribution in [3.63, 3.8) is 0 Å². The Hall–Kier alpha value is -2.27. The van der Waals surface area contributed by atoms with Crippen molar-refractivity contribution in [2.75, 3.05) is 19.1 Å². The van der Waals surface area contributed by atoms with E-state index >= 15 is 0 Å². The van der Waals surface area contributed by atoms with Crippen LogP contribution < -0.4 is 9.64 Å². The average Bonchev–Trinajstić information content (AvgIpc) is 2.90. The number of aryl methyl sites for hydroxylation is 1. The number of rotatable bonds is 3. The van der Waals surface area contributed by atoms with Crippen molar-refractivity contribution in [1.29, 1.82) is 0 Å². The molecule has 23 heavy (non-hydrogen) atoms. The molecular weight excluding hydrogens is 358 g/mol. The number of fused-ring (bicyclic) bond motifs is 1. The normalized spacial score (nSPS) is 10.8. The minimum Gasteiger partial charge on any atom is -0.495 e. The summed E-state index contributed by atoms with van der Waals surface area (Å²) >= 11 is 3.44. The van der Waals surface area contributed by atoms with E-state index in [1.165, 1.54) is 0 Å². The fourth-order valence-electron chi connectivity index (χ4n) is 2.57. The number of hydrogen-bond acceptors (Lipinski definition) is 3. The van der Waals surface area contributed by atoms with E-state index in [1.54, 1.807) is 19.1 Å². The van der Waals surface area contributed by atoms with Crippen LogP contribution in [0.15, 0.2) is 51.4 Å². The standard InChI is InChI=1S/C18H16BrNO3/c1-11-13-10-12(19)8-9-15(13)23-17(11)18(21)20(2)14-6-4-5-7-16(14)22-3/h4-10H,1-3H3. The third-order valence-corrected chi connectivity index (χ3v) is 4.34. The van der Waals surface area contributed by atoms with Crippen molar-refractivity contribution in [3.05, 3.63) is 58.3 Å². The van der Waals surface area contributed by atoms with Gasteiger partial charge >= 0.3 is 0 Å². The molecule has 3 rings (SSSR count). The van der Waals surface area contributed by atoms with Gasteiger partial charge in [0.05, 0.1) is 12.8 Å². The fraction of sp³-hybridized carbons (Fsp3) is 0.167. The predicted molar refractivity (Wildman–Crippen MR) is 94.4 cm³/mol. The molecule has 0 aliphatic carbocycles. The molecule has 1 aromatic heterocycles. The molecule has 0 aliphatic rings. The number of ether oxygens (including phenoxy) is 1. The summed E-state index contributed by atoms with van der Waals surface area (Å²) in [6, 6.07) is 13.1. The van der Waals surface area contributed by atoms with Crippen LogP contribution in [0.5, 0.6) is 5.75 Å². The van der Waals surface area contributed by atoms with E-state index in [-0.39, 0.29) is 5.91 Å². The largest absolute Gasteiger partial charge is 0.495 e. The molecule has 1 amide bonds. The van der Waals surface area contributed by atoms with Gasteiger partial charge in [-0.05, 0) is 37.3 Å². The SMILES string of the molecule is COc1ccccc1N(C)C(=O)c1oc2ccc(Br)cc2c1C. The van der Waals surface area contributed by atoms with Gasteiger partial charge in [0.1, 0.15) is 11.3 Å². The number of nitrogens with zero attached hydrogens (tertiary/aromatic N) is 1. The predicted octanol–water partition coefficient (Wildman–Crippen LogP) is 4.79. The molecule has 0 N–H and O–H groups in total. The maximum atomic E-state index is 12.9. The summed E-state index contributed by atoms with van der Waals surface area (Å²) in [7, 11) is 3.30. The van der Waals surface area contributed by atoms with E-state index in [0.29, 0.717) is 22.8 Å². The number of hydrogen-bond donors (Lipinski definition) is 0. The van der Waals surface area contributed by atoms with Crippen LogP contribution in [0.1, 0.15) is 16.1 Å². The summed E-state index contributed by atoms with van der Waals surface area (Å²) < 4.78 is 12.1. The minimum absolute atomic E-state index is 0.209. The first-order chi connectivity index (χ1) is 11.0. The molecule has 0 aliphatic heterocycles. The van der Waals surface area contributed by atoms with Gasteiger partial charge < -0.3 is 14.1 Å². The molecule has 118 valence electrons. The number of amides is 1. The summed E-state index contributed by atoms with van der Waals surface area (Å²) in [6.45, 7) is 1.89. The molecule has 2 aromatic carbocycles. The van der Waals surface area contributed by atoms with Crippen molar-refractivity contribution < 1.29 is 13.9 Å². The Morgan fingerprint density at radius 3 is 2.70 bits per heavy atom. The van der Waals surface area contributed by atoms with Gasteiger partial charge in [0.15, 0.2) is 5.76 Å². The quantitative estimate of drug-likeness (QED) is 0.662. The van der Waals surface area contributed by atoms with Gasteiger partial charge in [0.25, 0.3) is 5.91 Å². The van der Waals surface area contributed by atoms with E-state index in [1.807, 2.05) is 49.4 Å². The number of furan rings is 1. The molecule has 0 saturated heterocycles. The Balaban J connectivity index is 2.04. The Morgan fingerprint density at radius 1 is 1.22 bits per heavy atom. The van der Waals surface area contributed by atoms with Gasteiger partial charge in [-0.15, -0.1) is 0 Å². The van der Waals surface area contributed by atoms with Crippen molar-refractivity contribution in [1.82, 2.24) is 0 Å². The first-order valence-electron chi connectivity index (χ1n) is 7.12. The summed E-state index contributed by atoms with van der Waals surface area (Å²) in [4.78, 5) is 14.4. The Bertz CT molecular complexity index is 885. The second-order valence-corrected chi connectivity index (χ2v) is 6.15. The Morgan fingerprint density at radius 2 is 1.96 bits per heavy atom. The van der Waals surface area contributed by atoms with Crippen LogP contribution in [0.25, 0.3) is 11.0 Å². The van der Waals surface area contributed by atoms with Crippen molar-refractivity contribution in [2.45, 2.75) is 6.92 Å². The molecule has 0 saturated carbocycles. The van der Waals surface area contributed by atoms with Gasteiger partial charge in [-0.3, -0.25) is 4.79 Å². The maximum absolute atomic E-state index is 12.9. The van der Waals surface area contributed by atoms with Crippen LogP contribution in [0.4, 0.5) is 5.69 Å². The monoisotopic (exact) mass is 373 g/mol. The van der Waals surface area contributed by atoms with Crippen LogP contribution in [0, 0.1) is 6.92 Å². The lowest BCUT2D eigenvalue weighted by atomic mass is 10.1. The summed E-state index contributed by atoms with van der Waals surface area (Å²) in [5, 5.41) is 0.927. The van der Waals surface area contributed by atoms with Gasteiger partial charge in [-0.1, -0.05) is 28.1 Å². The molecule has 0 bridgehead atoms. The molecule has 3 aromatic rings. The van der Waals surface area contributed by atoms with E-state index in [0.717, 1.165) is 15.4 Å². The van der Waals surface area contributed by atoms with Gasteiger partial charge in [-0.25, -0.2) is 0 Å². The maximum Gasteiger partial charge on any atom is 0.294 e. The van der Waals surface area contributed by atoms with E-state index in [4.69, 9.17) is 9.15 Å². The van der Waals surface area contributed by atoms with Crippen molar-refractivity contribution in [3.8, 4) is 5.75 Å². The highest BCUT2D eigenvalue weighted by atomic mass is 79.9. The molecule has 0 fully saturated rings. The third-order valence-electron chi connectivity index (χ3n) is 3.84. The second-order valence-electron chi connectivity index (χ2n) is 5.23. The molecule has 1 heterocycles. The summed E-state index contributed by atoms with van der Waals surface area (Å²) in [5.41, 5.74) is 2.22. The number of para-hydroxylation sites is 2. The number of methoxy groups -OCH3 is 1. The van der Waals surface area contributed by atoms with Crippen LogP contribution >= 0.6 is 15.9 Å². The number of anilines is 1. The zero-order valence-electron chi connectivity index (χ0n) is 13.1. The highest BCUT2D eigenvalue weighted by Crippen LogP contribution is 2.32. The van der Waals surface area contributed by atoms with Gasteiger partial charge in [-0.2, -0.15) is 0 Å². The van der Waals surface area contributed by atoms with Crippen LogP contribution in [0.3, 0.4) is 0 Å². The van der Waals surface area contributed by atoms with E-state index < -0.39 is 0 Å². The molecule has 5 heteroatoms. The van der Waals surface area contributed by atoms with Gasteiger partial charge in [0, 0.05) is 22.5 Å². The molecule has 0 radical (unpaired) electrons. The van der Waals surface area contributed by atoms with Crippen LogP contribution in [-0.4, -0.2) is 20.1 Å². The molecule has 4 nitrogen and oxygen atoms in total. The zero-order valence-corrected chi connectivity index (χ0v) is 14.7. The Kier molecular flexibility index (Phi) is 4.13. The molecule has 0 unspecified atom stereocenters. The molecular formula is C18H16BrNO3. The lowest BCUT2D eigenvalue weighted by Gasteiger charge is -2.19. The minimum atomic E-state index is -0.209. The lowest BCUT2D eigenvalue weighted by molar-refractivity contribution is 0.0967.